The van der Waals surface area contributed by atoms with Crippen molar-refractivity contribution in [1.82, 2.24) is 4.90 Å². The lowest BCUT2D eigenvalue weighted by atomic mass is 10.0. The Labute approximate surface area is 178 Å². The molecule has 0 bridgehead atoms. The first-order valence-electron chi connectivity index (χ1n) is 11.8. The van der Waals surface area contributed by atoms with E-state index < -0.39 is 0 Å². The van der Waals surface area contributed by atoms with Crippen LogP contribution < -0.4 is 0 Å². The van der Waals surface area contributed by atoms with Gasteiger partial charge in [-0.1, -0.05) is 96.8 Å². The number of unbranched alkanes of at least 4 members (excludes halogenated alkanes) is 14. The van der Waals surface area contributed by atoms with Gasteiger partial charge in [0.25, 0.3) is 0 Å². The molecule has 28 heavy (non-hydrogen) atoms. The third-order valence-electron chi connectivity index (χ3n) is 5.48. The number of hydrogen-bond donors (Lipinski definition) is 0. The quantitative estimate of drug-likeness (QED) is 0.134. The van der Waals surface area contributed by atoms with Crippen molar-refractivity contribution < 1.29 is 9.53 Å². The average Bonchev–Trinajstić information content (AvgIpc) is 3.10. The lowest BCUT2D eigenvalue weighted by molar-refractivity contribution is -0.143. The van der Waals surface area contributed by atoms with Gasteiger partial charge in [-0.2, -0.15) is 0 Å². The summed E-state index contributed by atoms with van der Waals surface area (Å²) in [6.45, 7) is 4.90. The fraction of sp³-hybridized carbons (Fsp3) is 0.913. The highest BCUT2D eigenvalue weighted by atomic mass is 35.5. The molecule has 0 aliphatic carbocycles. The highest BCUT2D eigenvalue weighted by Crippen LogP contribution is 2.14. The molecule has 5 heteroatoms. The molecule has 0 saturated heterocycles. The van der Waals surface area contributed by atoms with Gasteiger partial charge in [0, 0.05) is 13.0 Å². The fourth-order valence-electron chi connectivity index (χ4n) is 3.64. The van der Waals surface area contributed by atoms with E-state index in [-0.39, 0.29) is 5.97 Å². The van der Waals surface area contributed by atoms with Crippen molar-refractivity contribution in [2.45, 2.75) is 110 Å². The van der Waals surface area contributed by atoms with Crippen molar-refractivity contribution in [3.63, 3.8) is 0 Å². The van der Waals surface area contributed by atoms with Gasteiger partial charge in [-0.05, 0) is 18.0 Å². The molecule has 4 nitrogen and oxygen atoms in total. The predicted octanol–water partition coefficient (Wildman–Crippen LogP) is 6.70. The number of aliphatic imine (C=N–C) groups is 1. The molecule has 0 aromatic heterocycles. The molecule has 1 aliphatic rings. The van der Waals surface area contributed by atoms with Crippen LogP contribution >= 0.6 is 11.6 Å². The topological polar surface area (TPSA) is 41.9 Å². The van der Waals surface area contributed by atoms with Gasteiger partial charge in [0.1, 0.15) is 6.61 Å². The van der Waals surface area contributed by atoms with Gasteiger partial charge in [0.15, 0.2) is 5.29 Å². The Morgan fingerprint density at radius 1 is 0.893 bits per heavy atom. The van der Waals surface area contributed by atoms with E-state index in [0.29, 0.717) is 24.9 Å². The molecule has 0 aromatic carbocycles. The van der Waals surface area contributed by atoms with Crippen molar-refractivity contribution in [2.24, 2.45) is 4.99 Å². The molecule has 0 radical (unpaired) electrons. The summed E-state index contributed by atoms with van der Waals surface area (Å²) in [6, 6.07) is 0. The maximum absolute atomic E-state index is 11.7. The standard InChI is InChI=1S/C23H43ClN2O2/c1-2-3-4-5-6-7-8-9-10-11-12-13-14-15-16-17-22(27)28-21-20-26-19-18-25-23(26)24/h2-21H2,1H3. The lowest BCUT2D eigenvalue weighted by Gasteiger charge is -2.15. The van der Waals surface area contributed by atoms with E-state index in [4.69, 9.17) is 16.3 Å². The normalized spacial score (nSPS) is 13.8. The van der Waals surface area contributed by atoms with Gasteiger partial charge in [-0.3, -0.25) is 9.79 Å². The third kappa shape index (κ3) is 14.3. The van der Waals surface area contributed by atoms with Crippen molar-refractivity contribution in [3.05, 3.63) is 0 Å². The highest BCUT2D eigenvalue weighted by molar-refractivity contribution is 6.64. The fourth-order valence-corrected chi connectivity index (χ4v) is 3.90. The van der Waals surface area contributed by atoms with Crippen LogP contribution in [0.2, 0.25) is 0 Å². The Kier molecular flexibility index (Phi) is 16.5. The van der Waals surface area contributed by atoms with Gasteiger partial charge in [0.2, 0.25) is 0 Å². The van der Waals surface area contributed by atoms with Crippen LogP contribution in [0.25, 0.3) is 0 Å². The zero-order valence-corrected chi connectivity index (χ0v) is 19.0. The van der Waals surface area contributed by atoms with Crippen LogP contribution in [0.1, 0.15) is 110 Å². The number of nitrogens with zero attached hydrogens (tertiary/aromatic N) is 2. The second-order valence-corrected chi connectivity index (χ2v) is 8.40. The van der Waals surface area contributed by atoms with Crippen LogP contribution in [0.5, 0.6) is 0 Å². The molecule has 0 aromatic rings. The second kappa shape index (κ2) is 18.3. The first kappa shape index (κ1) is 25.3. The van der Waals surface area contributed by atoms with E-state index in [1.807, 2.05) is 4.90 Å². The third-order valence-corrected chi connectivity index (χ3v) is 5.84. The van der Waals surface area contributed by atoms with E-state index in [0.717, 1.165) is 25.9 Å². The largest absolute Gasteiger partial charge is 0.464 e. The van der Waals surface area contributed by atoms with E-state index in [1.54, 1.807) is 0 Å². The van der Waals surface area contributed by atoms with Crippen molar-refractivity contribution >= 4 is 22.9 Å². The average molecular weight is 415 g/mol. The molecule has 0 saturated carbocycles. The van der Waals surface area contributed by atoms with Crippen LogP contribution in [0.15, 0.2) is 4.99 Å². The van der Waals surface area contributed by atoms with E-state index in [2.05, 4.69) is 11.9 Å². The minimum absolute atomic E-state index is 0.0815. The first-order chi connectivity index (χ1) is 13.7. The van der Waals surface area contributed by atoms with Gasteiger partial charge in [0.05, 0.1) is 13.1 Å². The molecular formula is C23H43ClN2O2. The maximum Gasteiger partial charge on any atom is 0.305 e. The maximum atomic E-state index is 11.7. The Morgan fingerprint density at radius 2 is 1.39 bits per heavy atom. The minimum atomic E-state index is -0.0815. The van der Waals surface area contributed by atoms with Gasteiger partial charge in [-0.15, -0.1) is 0 Å². The summed E-state index contributed by atoms with van der Waals surface area (Å²) in [5, 5.41) is 0.540. The van der Waals surface area contributed by atoms with Crippen molar-refractivity contribution in [3.8, 4) is 0 Å². The van der Waals surface area contributed by atoms with Crippen molar-refractivity contribution in [1.29, 1.82) is 0 Å². The van der Waals surface area contributed by atoms with Crippen LogP contribution in [-0.4, -0.2) is 42.4 Å². The monoisotopic (exact) mass is 414 g/mol. The number of hydrogen-bond acceptors (Lipinski definition) is 4. The smallest absolute Gasteiger partial charge is 0.305 e. The molecule has 0 amide bonds. The molecule has 0 spiro atoms. The number of carbonyl (C=O) groups excluding carboxylic acids is 1. The highest BCUT2D eigenvalue weighted by Gasteiger charge is 2.14. The summed E-state index contributed by atoms with van der Waals surface area (Å²) in [6.07, 6.45) is 20.6. The minimum Gasteiger partial charge on any atom is -0.464 e. The second-order valence-electron chi connectivity index (χ2n) is 8.06. The Hall–Kier alpha value is -0.770. The summed E-state index contributed by atoms with van der Waals surface area (Å²) in [4.78, 5) is 17.8. The summed E-state index contributed by atoms with van der Waals surface area (Å²) in [7, 11) is 0. The molecule has 0 atom stereocenters. The zero-order chi connectivity index (χ0) is 20.3. The van der Waals surface area contributed by atoms with Crippen LogP contribution in [0.3, 0.4) is 0 Å². The van der Waals surface area contributed by atoms with Crippen LogP contribution in [-0.2, 0) is 9.53 Å². The van der Waals surface area contributed by atoms with Crippen LogP contribution in [0.4, 0.5) is 0 Å². The molecular weight excluding hydrogens is 372 g/mol. The number of carbonyl (C=O) groups is 1. The van der Waals surface area contributed by atoms with E-state index in [9.17, 15) is 4.79 Å². The molecule has 0 N–H and O–H groups in total. The SMILES string of the molecule is CCCCCCCCCCCCCCCCCC(=O)OCCN1CCN=C1Cl. The van der Waals surface area contributed by atoms with Gasteiger partial charge in [-0.25, -0.2) is 0 Å². The Morgan fingerprint density at radius 3 is 1.86 bits per heavy atom. The predicted molar refractivity (Wildman–Crippen MR) is 120 cm³/mol. The zero-order valence-electron chi connectivity index (χ0n) is 18.2. The van der Waals surface area contributed by atoms with E-state index >= 15 is 0 Å². The summed E-state index contributed by atoms with van der Waals surface area (Å²) in [5.74, 6) is -0.0815. The molecule has 1 heterocycles. The number of esters is 1. The summed E-state index contributed by atoms with van der Waals surface area (Å²) >= 11 is 5.94. The van der Waals surface area contributed by atoms with Crippen molar-refractivity contribution in [2.75, 3.05) is 26.2 Å². The lowest BCUT2D eigenvalue weighted by Crippen LogP contribution is -2.29. The number of ether oxygens (including phenoxy) is 1. The number of halogens is 1. The first-order valence-corrected chi connectivity index (χ1v) is 12.2. The molecule has 1 rings (SSSR count). The summed E-state index contributed by atoms with van der Waals surface area (Å²) in [5.41, 5.74) is 0. The number of amidine groups is 1. The van der Waals surface area contributed by atoms with E-state index in [1.165, 1.54) is 83.5 Å². The van der Waals surface area contributed by atoms with Gasteiger partial charge >= 0.3 is 5.97 Å². The van der Waals surface area contributed by atoms with Gasteiger partial charge < -0.3 is 9.64 Å². The molecule has 164 valence electrons. The van der Waals surface area contributed by atoms with Crippen LogP contribution in [0, 0.1) is 0 Å². The Bertz CT molecular complexity index is 415. The number of rotatable bonds is 19. The molecule has 1 aliphatic heterocycles. The summed E-state index contributed by atoms with van der Waals surface area (Å²) < 4.78 is 5.28. The Balaban J connectivity index is 1.74. The molecule has 0 unspecified atom stereocenters. The molecule has 0 fully saturated rings.